The van der Waals surface area contributed by atoms with Gasteiger partial charge in [-0.2, -0.15) is 4.98 Å². The van der Waals surface area contributed by atoms with Gasteiger partial charge in [-0.05, 0) is 68.1 Å². The maximum Gasteiger partial charge on any atom is 0.248 e. The van der Waals surface area contributed by atoms with Gasteiger partial charge in [0, 0.05) is 10.7 Å². The Balaban J connectivity index is 1.91. The fraction of sp³-hybridized carbons (Fsp3) is 0.200. The van der Waals surface area contributed by atoms with Gasteiger partial charge in [0.25, 0.3) is 0 Å². The van der Waals surface area contributed by atoms with Crippen LogP contribution in [0.2, 0.25) is 5.02 Å². The molecule has 1 aromatic heterocycles. The SMILES string of the molecule is Cc1cccc(Nc2ncnc(Oc3cc(C)c(Cl)c(C)c3)c2N)c1C. The maximum absolute atomic E-state index is 6.23. The van der Waals surface area contributed by atoms with Crippen molar-refractivity contribution in [1.82, 2.24) is 9.97 Å². The number of nitrogens with one attached hydrogen (secondary N) is 1. The maximum atomic E-state index is 6.23. The molecule has 0 aliphatic heterocycles. The molecular weight excluding hydrogens is 348 g/mol. The van der Waals surface area contributed by atoms with Crippen LogP contribution in [0.1, 0.15) is 22.3 Å². The summed E-state index contributed by atoms with van der Waals surface area (Å²) in [6, 6.07) is 9.74. The van der Waals surface area contributed by atoms with Gasteiger partial charge in [0.1, 0.15) is 17.8 Å². The summed E-state index contributed by atoms with van der Waals surface area (Å²) in [6.45, 7) is 7.97. The van der Waals surface area contributed by atoms with E-state index >= 15 is 0 Å². The lowest BCUT2D eigenvalue weighted by atomic mass is 10.1. The Morgan fingerprint density at radius 2 is 1.69 bits per heavy atom. The van der Waals surface area contributed by atoms with E-state index in [1.807, 2.05) is 45.0 Å². The van der Waals surface area contributed by atoms with Crippen LogP contribution in [-0.2, 0) is 0 Å². The first-order valence-electron chi connectivity index (χ1n) is 8.25. The molecule has 3 N–H and O–H groups in total. The first-order chi connectivity index (χ1) is 12.4. The molecule has 0 unspecified atom stereocenters. The van der Waals surface area contributed by atoms with Gasteiger partial charge in [0.2, 0.25) is 5.88 Å². The summed E-state index contributed by atoms with van der Waals surface area (Å²) in [7, 11) is 0. The molecule has 0 saturated heterocycles. The highest BCUT2D eigenvalue weighted by molar-refractivity contribution is 6.32. The average molecular weight is 369 g/mol. The quantitative estimate of drug-likeness (QED) is 0.637. The van der Waals surface area contributed by atoms with Crippen molar-refractivity contribution in [3.8, 4) is 11.6 Å². The molecule has 0 atom stereocenters. The van der Waals surface area contributed by atoms with E-state index in [4.69, 9.17) is 22.1 Å². The van der Waals surface area contributed by atoms with E-state index in [2.05, 4.69) is 28.3 Å². The zero-order chi connectivity index (χ0) is 18.8. The van der Waals surface area contributed by atoms with E-state index in [9.17, 15) is 0 Å². The molecule has 5 nitrogen and oxygen atoms in total. The van der Waals surface area contributed by atoms with Gasteiger partial charge >= 0.3 is 0 Å². The molecule has 3 rings (SSSR count). The summed E-state index contributed by atoms with van der Waals surface area (Å²) in [5.41, 5.74) is 11.7. The summed E-state index contributed by atoms with van der Waals surface area (Å²) in [6.07, 6.45) is 1.43. The van der Waals surface area contributed by atoms with Crippen molar-refractivity contribution in [2.45, 2.75) is 27.7 Å². The molecule has 26 heavy (non-hydrogen) atoms. The van der Waals surface area contributed by atoms with Gasteiger partial charge < -0.3 is 15.8 Å². The second-order valence-corrected chi connectivity index (χ2v) is 6.66. The predicted octanol–water partition coefficient (Wildman–Crippen LogP) is 5.48. The number of hydrogen-bond donors (Lipinski definition) is 2. The lowest BCUT2D eigenvalue weighted by Crippen LogP contribution is -2.04. The minimum atomic E-state index is 0.300. The van der Waals surface area contributed by atoms with Crippen molar-refractivity contribution < 1.29 is 4.74 Å². The van der Waals surface area contributed by atoms with Gasteiger partial charge in [-0.1, -0.05) is 23.7 Å². The van der Waals surface area contributed by atoms with Crippen LogP contribution < -0.4 is 15.8 Å². The molecule has 3 aromatic rings. The number of halogens is 1. The van der Waals surface area contributed by atoms with E-state index in [0.717, 1.165) is 27.4 Å². The first-order valence-corrected chi connectivity index (χ1v) is 8.63. The van der Waals surface area contributed by atoms with Crippen LogP contribution in [0.25, 0.3) is 0 Å². The lowest BCUT2D eigenvalue weighted by Gasteiger charge is -2.14. The second-order valence-electron chi connectivity index (χ2n) is 6.29. The molecule has 0 fully saturated rings. The van der Waals surface area contributed by atoms with Crippen LogP contribution in [0.15, 0.2) is 36.7 Å². The Morgan fingerprint density at radius 3 is 2.38 bits per heavy atom. The summed E-state index contributed by atoms with van der Waals surface area (Å²) >= 11 is 6.21. The van der Waals surface area contributed by atoms with Crippen molar-refractivity contribution >= 4 is 28.8 Å². The van der Waals surface area contributed by atoms with Crippen molar-refractivity contribution in [3.05, 3.63) is 63.9 Å². The second kappa shape index (κ2) is 7.22. The number of nitrogens with zero attached hydrogens (tertiary/aromatic N) is 2. The number of aromatic nitrogens is 2. The zero-order valence-corrected chi connectivity index (χ0v) is 16.0. The number of rotatable bonds is 4. The molecule has 1 heterocycles. The monoisotopic (exact) mass is 368 g/mol. The van der Waals surface area contributed by atoms with E-state index in [1.54, 1.807) is 0 Å². The van der Waals surface area contributed by atoms with Crippen molar-refractivity contribution in [1.29, 1.82) is 0 Å². The molecule has 134 valence electrons. The van der Waals surface area contributed by atoms with Gasteiger partial charge in [0.05, 0.1) is 0 Å². The fourth-order valence-corrected chi connectivity index (χ4v) is 2.76. The van der Waals surface area contributed by atoms with Crippen LogP contribution in [-0.4, -0.2) is 9.97 Å². The van der Waals surface area contributed by atoms with Crippen LogP contribution in [0.4, 0.5) is 17.2 Å². The Bertz CT molecular complexity index is 949. The summed E-state index contributed by atoms with van der Waals surface area (Å²) < 4.78 is 5.88. The Labute approximate surface area is 158 Å². The molecule has 0 aliphatic carbocycles. The van der Waals surface area contributed by atoms with E-state index in [0.29, 0.717) is 23.1 Å². The average Bonchev–Trinajstić information content (AvgIpc) is 2.60. The van der Waals surface area contributed by atoms with Crippen molar-refractivity contribution in [2.24, 2.45) is 0 Å². The minimum Gasteiger partial charge on any atom is -0.437 e. The van der Waals surface area contributed by atoms with Gasteiger partial charge in [-0.25, -0.2) is 4.98 Å². The van der Waals surface area contributed by atoms with Crippen LogP contribution in [0.3, 0.4) is 0 Å². The van der Waals surface area contributed by atoms with Gasteiger partial charge in [-0.15, -0.1) is 0 Å². The largest absolute Gasteiger partial charge is 0.437 e. The van der Waals surface area contributed by atoms with E-state index in [-0.39, 0.29) is 0 Å². The molecule has 0 spiro atoms. The highest BCUT2D eigenvalue weighted by atomic mass is 35.5. The van der Waals surface area contributed by atoms with Crippen molar-refractivity contribution in [2.75, 3.05) is 11.1 Å². The molecular formula is C20H21ClN4O. The summed E-state index contributed by atoms with van der Waals surface area (Å²) in [5.74, 6) is 1.44. The molecule has 0 amide bonds. The Kier molecular flexibility index (Phi) is 5.00. The molecule has 0 bridgehead atoms. The Morgan fingerprint density at radius 1 is 1.00 bits per heavy atom. The normalized spacial score (nSPS) is 10.7. The molecule has 0 saturated carbocycles. The number of hydrogen-bond acceptors (Lipinski definition) is 5. The van der Waals surface area contributed by atoms with Crippen LogP contribution >= 0.6 is 11.6 Å². The predicted molar refractivity (Wildman–Crippen MR) is 107 cm³/mol. The molecule has 6 heteroatoms. The number of aryl methyl sites for hydroxylation is 3. The van der Waals surface area contributed by atoms with E-state index in [1.165, 1.54) is 11.9 Å². The van der Waals surface area contributed by atoms with E-state index < -0.39 is 0 Å². The number of nitrogens with two attached hydrogens (primary N) is 1. The number of nitrogen functional groups attached to an aromatic ring is 1. The van der Waals surface area contributed by atoms with Gasteiger partial charge in [-0.3, -0.25) is 0 Å². The fourth-order valence-electron chi connectivity index (χ4n) is 2.65. The lowest BCUT2D eigenvalue weighted by molar-refractivity contribution is 0.464. The summed E-state index contributed by atoms with van der Waals surface area (Å²) in [4.78, 5) is 8.41. The Hall–Kier alpha value is -2.79. The first kappa shape index (κ1) is 18.0. The zero-order valence-electron chi connectivity index (χ0n) is 15.2. The minimum absolute atomic E-state index is 0.300. The van der Waals surface area contributed by atoms with Gasteiger partial charge in [0.15, 0.2) is 5.82 Å². The number of ether oxygens (including phenoxy) is 1. The number of anilines is 3. The van der Waals surface area contributed by atoms with Crippen molar-refractivity contribution in [3.63, 3.8) is 0 Å². The highest BCUT2D eigenvalue weighted by Gasteiger charge is 2.13. The standard InChI is InChI=1S/C20H21ClN4O/c1-11-6-5-7-16(14(11)4)25-19-18(22)20(24-10-23-19)26-15-8-12(2)17(21)13(3)9-15/h5-10H,22H2,1-4H3,(H,23,24,25). The molecule has 0 aliphatic rings. The smallest absolute Gasteiger partial charge is 0.248 e. The summed E-state index contributed by atoms with van der Waals surface area (Å²) in [5, 5.41) is 3.99. The third kappa shape index (κ3) is 3.58. The van der Waals surface area contributed by atoms with Crippen LogP contribution in [0, 0.1) is 27.7 Å². The topological polar surface area (TPSA) is 73.1 Å². The third-order valence-electron chi connectivity index (χ3n) is 4.33. The van der Waals surface area contributed by atoms with Crippen LogP contribution in [0.5, 0.6) is 11.6 Å². The molecule has 0 radical (unpaired) electrons. The highest BCUT2D eigenvalue weighted by Crippen LogP contribution is 2.34. The third-order valence-corrected chi connectivity index (χ3v) is 4.93. The number of benzene rings is 2. The molecule has 2 aromatic carbocycles.